The minimum absolute atomic E-state index is 0.00940. The van der Waals surface area contributed by atoms with Crippen LogP contribution in [-0.2, 0) is 11.3 Å². The van der Waals surface area contributed by atoms with Gasteiger partial charge in [-0.3, -0.25) is 4.79 Å². The number of aliphatic hydroxyl groups excluding tert-OH is 1. The van der Waals surface area contributed by atoms with Gasteiger partial charge in [0.25, 0.3) is 5.91 Å². The number of nitrogens with zero attached hydrogens (tertiary/aromatic N) is 1. The van der Waals surface area contributed by atoms with E-state index < -0.39 is 0 Å². The standard InChI is InChI=1S/C18H20N2O5/c21-10-12-1-4-14(5-2-12)25-17-11-24-8-7-15(17)20-18(23)16-6-3-13(22)9-19-16/h1-6,9,15,17,21-22H,7-8,10-11H2,(H,20,23). The highest BCUT2D eigenvalue weighted by molar-refractivity contribution is 5.92. The lowest BCUT2D eigenvalue weighted by Gasteiger charge is -2.32. The predicted molar refractivity (Wildman–Crippen MR) is 89.4 cm³/mol. The molecule has 132 valence electrons. The first-order valence-electron chi connectivity index (χ1n) is 8.06. The normalized spacial score (nSPS) is 20.0. The fourth-order valence-electron chi connectivity index (χ4n) is 2.60. The number of rotatable bonds is 5. The van der Waals surface area contributed by atoms with E-state index in [1.54, 1.807) is 24.3 Å². The molecule has 1 amide bonds. The first kappa shape index (κ1) is 17.2. The van der Waals surface area contributed by atoms with Crippen LogP contribution in [0, 0.1) is 0 Å². The molecule has 2 heterocycles. The van der Waals surface area contributed by atoms with Crippen molar-refractivity contribution in [3.8, 4) is 11.5 Å². The van der Waals surface area contributed by atoms with Crippen molar-refractivity contribution in [1.82, 2.24) is 10.3 Å². The van der Waals surface area contributed by atoms with Gasteiger partial charge in [0.15, 0.2) is 0 Å². The maximum absolute atomic E-state index is 12.3. The highest BCUT2D eigenvalue weighted by atomic mass is 16.5. The SMILES string of the molecule is O=C(NC1CCOCC1Oc1ccc(CO)cc1)c1ccc(O)cn1. The van der Waals surface area contributed by atoms with Crippen molar-refractivity contribution in [2.75, 3.05) is 13.2 Å². The summed E-state index contributed by atoms with van der Waals surface area (Å²) < 4.78 is 11.4. The zero-order valence-electron chi connectivity index (χ0n) is 13.6. The molecule has 0 spiro atoms. The van der Waals surface area contributed by atoms with Crippen molar-refractivity contribution in [2.24, 2.45) is 0 Å². The lowest BCUT2D eigenvalue weighted by atomic mass is 10.1. The molecule has 1 aromatic carbocycles. The largest absolute Gasteiger partial charge is 0.506 e. The Kier molecular flexibility index (Phi) is 5.47. The molecule has 2 atom stereocenters. The Balaban J connectivity index is 1.65. The number of aromatic nitrogens is 1. The van der Waals surface area contributed by atoms with E-state index in [1.165, 1.54) is 18.3 Å². The summed E-state index contributed by atoms with van der Waals surface area (Å²) in [4.78, 5) is 16.2. The van der Waals surface area contributed by atoms with Gasteiger partial charge in [0, 0.05) is 6.61 Å². The molecular weight excluding hydrogens is 324 g/mol. The molecule has 0 bridgehead atoms. The first-order valence-corrected chi connectivity index (χ1v) is 8.06. The zero-order valence-corrected chi connectivity index (χ0v) is 13.6. The van der Waals surface area contributed by atoms with E-state index in [0.717, 1.165) is 5.56 Å². The van der Waals surface area contributed by atoms with Crippen LogP contribution in [0.1, 0.15) is 22.5 Å². The summed E-state index contributed by atoms with van der Waals surface area (Å²) >= 11 is 0. The Hall–Kier alpha value is -2.64. The van der Waals surface area contributed by atoms with Gasteiger partial charge in [0.05, 0.1) is 25.5 Å². The van der Waals surface area contributed by atoms with Gasteiger partial charge in [0.1, 0.15) is 23.3 Å². The highest BCUT2D eigenvalue weighted by Crippen LogP contribution is 2.19. The summed E-state index contributed by atoms with van der Waals surface area (Å²) in [5.74, 6) is 0.334. The molecule has 2 aromatic rings. The summed E-state index contributed by atoms with van der Waals surface area (Å²) in [7, 11) is 0. The fraction of sp³-hybridized carbons (Fsp3) is 0.333. The van der Waals surface area contributed by atoms with Crippen LogP contribution in [0.25, 0.3) is 0 Å². The number of benzene rings is 1. The maximum Gasteiger partial charge on any atom is 0.270 e. The van der Waals surface area contributed by atoms with Crippen LogP contribution in [-0.4, -0.2) is 46.5 Å². The molecule has 2 unspecified atom stereocenters. The molecule has 0 radical (unpaired) electrons. The minimum atomic E-state index is -0.324. The monoisotopic (exact) mass is 344 g/mol. The van der Waals surface area contributed by atoms with Gasteiger partial charge in [-0.2, -0.15) is 0 Å². The van der Waals surface area contributed by atoms with Crippen LogP contribution in [0.4, 0.5) is 0 Å². The molecule has 7 heteroatoms. The quantitative estimate of drug-likeness (QED) is 0.755. The van der Waals surface area contributed by atoms with Crippen LogP contribution in [0.5, 0.6) is 11.5 Å². The molecule has 25 heavy (non-hydrogen) atoms. The number of nitrogens with one attached hydrogen (secondary N) is 1. The van der Waals surface area contributed by atoms with Crippen molar-refractivity contribution < 1.29 is 24.5 Å². The van der Waals surface area contributed by atoms with Gasteiger partial charge in [-0.25, -0.2) is 4.98 Å². The first-order chi connectivity index (χ1) is 12.2. The summed E-state index contributed by atoms with van der Waals surface area (Å²) in [6, 6.07) is 9.80. The lowest BCUT2D eigenvalue weighted by Crippen LogP contribution is -2.51. The van der Waals surface area contributed by atoms with Gasteiger partial charge in [-0.15, -0.1) is 0 Å². The summed E-state index contributed by atoms with van der Waals surface area (Å²) in [5.41, 5.74) is 1.03. The second kappa shape index (κ2) is 7.96. The number of aliphatic hydroxyl groups is 1. The highest BCUT2D eigenvalue weighted by Gasteiger charge is 2.29. The molecule has 1 aliphatic heterocycles. The molecular formula is C18H20N2O5. The van der Waals surface area contributed by atoms with Crippen molar-refractivity contribution in [3.05, 3.63) is 53.9 Å². The Labute approximate surface area is 145 Å². The van der Waals surface area contributed by atoms with Crippen LogP contribution in [0.15, 0.2) is 42.6 Å². The second-order valence-corrected chi connectivity index (χ2v) is 5.80. The Morgan fingerprint density at radius 3 is 2.76 bits per heavy atom. The van der Waals surface area contributed by atoms with Crippen molar-refractivity contribution >= 4 is 5.91 Å². The third-order valence-electron chi connectivity index (χ3n) is 3.99. The maximum atomic E-state index is 12.3. The number of carbonyl (C=O) groups excluding carboxylic acids is 1. The van der Waals surface area contributed by atoms with Crippen molar-refractivity contribution in [1.29, 1.82) is 0 Å². The molecule has 1 saturated heterocycles. The van der Waals surface area contributed by atoms with E-state index >= 15 is 0 Å². The number of hydrogen-bond acceptors (Lipinski definition) is 6. The predicted octanol–water partition coefficient (Wildman–Crippen LogP) is 1.25. The summed E-state index contributed by atoms with van der Waals surface area (Å²) in [6.07, 6.45) is 1.54. The molecule has 7 nitrogen and oxygen atoms in total. The van der Waals surface area contributed by atoms with Crippen LogP contribution < -0.4 is 10.1 Å². The Morgan fingerprint density at radius 1 is 1.28 bits per heavy atom. The molecule has 3 N–H and O–H groups in total. The number of hydrogen-bond donors (Lipinski definition) is 3. The van der Waals surface area contributed by atoms with Gasteiger partial charge in [0.2, 0.25) is 0 Å². The average molecular weight is 344 g/mol. The number of amides is 1. The van der Waals surface area contributed by atoms with E-state index in [0.29, 0.717) is 25.4 Å². The third-order valence-corrected chi connectivity index (χ3v) is 3.99. The topological polar surface area (TPSA) is 101 Å². The lowest BCUT2D eigenvalue weighted by molar-refractivity contribution is -0.0135. The third kappa shape index (κ3) is 4.46. The summed E-state index contributed by atoms with van der Waals surface area (Å²) in [5, 5.41) is 21.3. The molecule has 1 aromatic heterocycles. The number of ether oxygens (including phenoxy) is 2. The van der Waals surface area contributed by atoms with E-state index in [9.17, 15) is 9.90 Å². The Bertz CT molecular complexity index is 702. The second-order valence-electron chi connectivity index (χ2n) is 5.80. The fourth-order valence-corrected chi connectivity index (χ4v) is 2.60. The van der Waals surface area contributed by atoms with Crippen LogP contribution >= 0.6 is 0 Å². The van der Waals surface area contributed by atoms with Crippen LogP contribution in [0.3, 0.4) is 0 Å². The number of pyridine rings is 1. The minimum Gasteiger partial charge on any atom is -0.506 e. The van der Waals surface area contributed by atoms with Gasteiger partial charge >= 0.3 is 0 Å². The van der Waals surface area contributed by atoms with E-state index in [1.807, 2.05) is 0 Å². The van der Waals surface area contributed by atoms with E-state index in [4.69, 9.17) is 14.6 Å². The van der Waals surface area contributed by atoms with Gasteiger partial charge < -0.3 is 25.0 Å². The summed E-state index contributed by atoms with van der Waals surface area (Å²) in [6.45, 7) is 0.887. The number of carbonyl (C=O) groups is 1. The van der Waals surface area contributed by atoms with E-state index in [-0.39, 0.29) is 36.1 Å². The van der Waals surface area contributed by atoms with Crippen molar-refractivity contribution in [2.45, 2.75) is 25.2 Å². The Morgan fingerprint density at radius 2 is 2.08 bits per heavy atom. The van der Waals surface area contributed by atoms with Gasteiger partial charge in [-0.05, 0) is 36.2 Å². The van der Waals surface area contributed by atoms with Gasteiger partial charge in [-0.1, -0.05) is 12.1 Å². The number of aromatic hydroxyl groups is 1. The average Bonchev–Trinajstić information content (AvgIpc) is 2.64. The molecule has 1 aliphatic rings. The molecule has 3 rings (SSSR count). The van der Waals surface area contributed by atoms with E-state index in [2.05, 4.69) is 10.3 Å². The molecule has 1 fully saturated rings. The smallest absolute Gasteiger partial charge is 0.270 e. The molecule has 0 saturated carbocycles. The zero-order chi connectivity index (χ0) is 17.6. The van der Waals surface area contributed by atoms with Crippen LogP contribution in [0.2, 0.25) is 0 Å². The van der Waals surface area contributed by atoms with Crippen molar-refractivity contribution in [3.63, 3.8) is 0 Å². The molecule has 0 aliphatic carbocycles.